The Morgan fingerprint density at radius 2 is 1.55 bits per heavy atom. The van der Waals surface area contributed by atoms with Crippen LogP contribution in [0.1, 0.15) is 15.9 Å². The van der Waals surface area contributed by atoms with Gasteiger partial charge in [0.1, 0.15) is 0 Å². The molecule has 0 aromatic heterocycles. The van der Waals surface area contributed by atoms with Gasteiger partial charge in [0.2, 0.25) is 0 Å². The molecule has 0 saturated heterocycles. The van der Waals surface area contributed by atoms with Gasteiger partial charge < -0.3 is 10.8 Å². The summed E-state index contributed by atoms with van der Waals surface area (Å²) < 4.78 is 37.4. The van der Waals surface area contributed by atoms with E-state index in [0.717, 1.165) is 12.1 Å². The van der Waals surface area contributed by atoms with Gasteiger partial charge in [-0.2, -0.15) is 13.2 Å². The lowest BCUT2D eigenvalue weighted by Crippen LogP contribution is -2.04. The molecule has 0 bridgehead atoms. The molecule has 104 valence electrons. The molecule has 0 unspecified atom stereocenters. The zero-order chi connectivity index (χ0) is 14.9. The molecule has 3 nitrogen and oxygen atoms in total. The van der Waals surface area contributed by atoms with Crippen molar-refractivity contribution in [2.24, 2.45) is 0 Å². The first-order chi connectivity index (χ1) is 9.29. The van der Waals surface area contributed by atoms with E-state index in [-0.39, 0.29) is 11.3 Å². The highest BCUT2D eigenvalue weighted by atomic mass is 19.4. The Morgan fingerprint density at radius 3 is 2.05 bits per heavy atom. The summed E-state index contributed by atoms with van der Waals surface area (Å²) in [5.41, 5.74) is 5.77. The Morgan fingerprint density at radius 1 is 1.00 bits per heavy atom. The van der Waals surface area contributed by atoms with E-state index in [2.05, 4.69) is 0 Å². The number of carboxylic acids is 1. The number of hydrogen-bond acceptors (Lipinski definition) is 2. The SMILES string of the molecule is Nc1ccc(-c2ccc(C(F)(F)F)cc2)cc1C(=O)O. The molecule has 0 aliphatic rings. The molecule has 2 aromatic carbocycles. The van der Waals surface area contributed by atoms with Crippen LogP contribution in [-0.2, 0) is 6.18 Å². The standard InChI is InChI=1S/C14H10F3NO2/c15-14(16,17)10-4-1-8(2-5-10)9-3-6-12(18)11(7-9)13(19)20/h1-7H,18H2,(H,19,20). The molecule has 0 atom stereocenters. The maximum Gasteiger partial charge on any atom is 0.416 e. The third-order valence-electron chi connectivity index (χ3n) is 2.83. The molecule has 6 heteroatoms. The van der Waals surface area contributed by atoms with Crippen LogP contribution < -0.4 is 5.73 Å². The first kappa shape index (κ1) is 13.9. The molecule has 2 aromatic rings. The number of nitrogens with two attached hydrogens (primary N) is 1. The van der Waals surface area contributed by atoms with Crippen molar-refractivity contribution in [3.63, 3.8) is 0 Å². The Hall–Kier alpha value is -2.50. The average molecular weight is 281 g/mol. The Labute approximate surface area is 112 Å². The largest absolute Gasteiger partial charge is 0.478 e. The molecular weight excluding hydrogens is 271 g/mol. The van der Waals surface area contributed by atoms with E-state index in [9.17, 15) is 18.0 Å². The fourth-order valence-corrected chi connectivity index (χ4v) is 1.77. The number of halogens is 3. The summed E-state index contributed by atoms with van der Waals surface area (Å²) >= 11 is 0. The van der Waals surface area contributed by atoms with Crippen LogP contribution >= 0.6 is 0 Å². The van der Waals surface area contributed by atoms with Gasteiger partial charge in [0.05, 0.1) is 11.1 Å². The van der Waals surface area contributed by atoms with E-state index in [1.165, 1.54) is 24.3 Å². The first-order valence-electron chi connectivity index (χ1n) is 5.59. The summed E-state index contributed by atoms with van der Waals surface area (Å²) in [5.74, 6) is -1.18. The molecule has 0 saturated carbocycles. The second kappa shape index (κ2) is 4.88. The summed E-state index contributed by atoms with van der Waals surface area (Å²) in [5, 5.41) is 8.96. The van der Waals surface area contributed by atoms with Crippen molar-refractivity contribution in [2.75, 3.05) is 5.73 Å². The minimum atomic E-state index is -4.40. The molecule has 0 aliphatic heterocycles. The molecular formula is C14H10F3NO2. The predicted octanol–water partition coefficient (Wildman–Crippen LogP) is 3.65. The molecule has 0 aliphatic carbocycles. The van der Waals surface area contributed by atoms with Gasteiger partial charge in [-0.05, 0) is 35.4 Å². The van der Waals surface area contributed by atoms with E-state index in [1.54, 1.807) is 6.07 Å². The Kier molecular flexibility index (Phi) is 3.40. The highest BCUT2D eigenvalue weighted by Crippen LogP contribution is 2.31. The van der Waals surface area contributed by atoms with Crippen LogP contribution in [0, 0.1) is 0 Å². The molecule has 0 radical (unpaired) electrons. The van der Waals surface area contributed by atoms with Crippen molar-refractivity contribution in [3.05, 3.63) is 53.6 Å². The molecule has 0 amide bonds. The zero-order valence-electron chi connectivity index (χ0n) is 10.1. The smallest absolute Gasteiger partial charge is 0.416 e. The third-order valence-corrected chi connectivity index (χ3v) is 2.83. The summed E-state index contributed by atoms with van der Waals surface area (Å²) in [4.78, 5) is 11.0. The van der Waals surface area contributed by atoms with Crippen molar-refractivity contribution < 1.29 is 23.1 Å². The third kappa shape index (κ3) is 2.74. The number of benzene rings is 2. The van der Waals surface area contributed by atoms with E-state index in [0.29, 0.717) is 11.1 Å². The van der Waals surface area contributed by atoms with Crippen LogP contribution in [-0.4, -0.2) is 11.1 Å². The maximum absolute atomic E-state index is 12.5. The molecule has 0 spiro atoms. The van der Waals surface area contributed by atoms with Crippen molar-refractivity contribution in [2.45, 2.75) is 6.18 Å². The van der Waals surface area contributed by atoms with Gasteiger partial charge in [0, 0.05) is 5.69 Å². The zero-order valence-corrected chi connectivity index (χ0v) is 10.1. The van der Waals surface area contributed by atoms with Gasteiger partial charge >= 0.3 is 12.1 Å². The molecule has 20 heavy (non-hydrogen) atoms. The number of aromatic carboxylic acids is 1. The van der Waals surface area contributed by atoms with E-state index in [1.807, 2.05) is 0 Å². The molecule has 0 heterocycles. The van der Waals surface area contributed by atoms with E-state index < -0.39 is 17.7 Å². The van der Waals surface area contributed by atoms with Gasteiger partial charge in [-0.25, -0.2) is 4.79 Å². The number of anilines is 1. The number of carboxylic acid groups (broad SMARTS) is 1. The predicted molar refractivity (Wildman–Crippen MR) is 68.3 cm³/mol. The van der Waals surface area contributed by atoms with Gasteiger partial charge in [-0.3, -0.25) is 0 Å². The highest BCUT2D eigenvalue weighted by molar-refractivity contribution is 5.95. The maximum atomic E-state index is 12.5. The lowest BCUT2D eigenvalue weighted by Gasteiger charge is -2.09. The summed E-state index contributed by atoms with van der Waals surface area (Å²) in [7, 11) is 0. The van der Waals surface area contributed by atoms with Crippen LogP contribution in [0.5, 0.6) is 0 Å². The van der Waals surface area contributed by atoms with Gasteiger partial charge in [-0.15, -0.1) is 0 Å². The monoisotopic (exact) mass is 281 g/mol. The van der Waals surface area contributed by atoms with E-state index in [4.69, 9.17) is 10.8 Å². The minimum Gasteiger partial charge on any atom is -0.478 e. The summed E-state index contributed by atoms with van der Waals surface area (Å²) in [6.07, 6.45) is -4.40. The Balaban J connectivity index is 2.42. The first-order valence-corrected chi connectivity index (χ1v) is 5.59. The van der Waals surface area contributed by atoms with Crippen molar-refractivity contribution in [1.82, 2.24) is 0 Å². The Bertz CT molecular complexity index is 648. The van der Waals surface area contributed by atoms with E-state index >= 15 is 0 Å². The molecule has 3 N–H and O–H groups in total. The number of rotatable bonds is 2. The quantitative estimate of drug-likeness (QED) is 0.826. The number of nitrogen functional groups attached to an aromatic ring is 1. The summed E-state index contributed by atoms with van der Waals surface area (Å²) in [6.45, 7) is 0. The summed E-state index contributed by atoms with van der Waals surface area (Å²) in [6, 6.07) is 8.79. The van der Waals surface area contributed by atoms with Crippen LogP contribution in [0.2, 0.25) is 0 Å². The number of carbonyl (C=O) groups is 1. The lowest BCUT2D eigenvalue weighted by molar-refractivity contribution is -0.137. The fraction of sp³-hybridized carbons (Fsp3) is 0.0714. The number of alkyl halides is 3. The fourth-order valence-electron chi connectivity index (χ4n) is 1.77. The van der Waals surface area contributed by atoms with Gasteiger partial charge in [-0.1, -0.05) is 18.2 Å². The van der Waals surface area contributed by atoms with Gasteiger partial charge in [0.25, 0.3) is 0 Å². The topological polar surface area (TPSA) is 63.3 Å². The van der Waals surface area contributed by atoms with Crippen LogP contribution in [0.25, 0.3) is 11.1 Å². The van der Waals surface area contributed by atoms with Crippen molar-refractivity contribution in [3.8, 4) is 11.1 Å². The van der Waals surface area contributed by atoms with Crippen LogP contribution in [0.15, 0.2) is 42.5 Å². The normalized spacial score (nSPS) is 11.3. The van der Waals surface area contributed by atoms with Gasteiger partial charge in [0.15, 0.2) is 0 Å². The second-order valence-corrected chi connectivity index (χ2v) is 4.18. The average Bonchev–Trinajstić information content (AvgIpc) is 2.38. The number of hydrogen-bond donors (Lipinski definition) is 2. The van der Waals surface area contributed by atoms with Crippen molar-refractivity contribution in [1.29, 1.82) is 0 Å². The van der Waals surface area contributed by atoms with Crippen LogP contribution in [0.4, 0.5) is 18.9 Å². The van der Waals surface area contributed by atoms with Crippen LogP contribution in [0.3, 0.4) is 0 Å². The lowest BCUT2D eigenvalue weighted by atomic mass is 10.0. The molecule has 0 fully saturated rings. The van der Waals surface area contributed by atoms with Crippen molar-refractivity contribution >= 4 is 11.7 Å². The molecule has 2 rings (SSSR count). The minimum absolute atomic E-state index is 0.0811. The second-order valence-electron chi connectivity index (χ2n) is 4.18. The highest BCUT2D eigenvalue weighted by Gasteiger charge is 2.29.